The van der Waals surface area contributed by atoms with E-state index in [1.807, 2.05) is 30.3 Å². The fourth-order valence-corrected chi connectivity index (χ4v) is 3.60. The van der Waals surface area contributed by atoms with Crippen LogP contribution in [-0.2, 0) is 4.74 Å². The lowest BCUT2D eigenvalue weighted by atomic mass is 10.1. The fourth-order valence-electron chi connectivity index (χ4n) is 3.60. The maximum Gasteiger partial charge on any atom is 0.267 e. The lowest BCUT2D eigenvalue weighted by Gasteiger charge is -2.21. The van der Waals surface area contributed by atoms with Gasteiger partial charge in [-0.1, -0.05) is 12.1 Å². The normalized spacial score (nSPS) is 18.6. The molecule has 9 heteroatoms. The van der Waals surface area contributed by atoms with Gasteiger partial charge < -0.3 is 19.2 Å². The Bertz CT molecular complexity index is 1250. The average molecular weight is 405 g/mol. The number of ether oxygens (including phenoxy) is 2. The zero-order valence-electron chi connectivity index (χ0n) is 16.2. The van der Waals surface area contributed by atoms with Gasteiger partial charge in [-0.3, -0.25) is 4.79 Å². The van der Waals surface area contributed by atoms with E-state index in [1.54, 1.807) is 25.6 Å². The van der Waals surface area contributed by atoms with Gasteiger partial charge in [0, 0.05) is 17.0 Å². The lowest BCUT2D eigenvalue weighted by Crippen LogP contribution is -2.37. The first-order valence-corrected chi connectivity index (χ1v) is 9.50. The van der Waals surface area contributed by atoms with Crippen LogP contribution in [0.15, 0.2) is 64.1 Å². The molecule has 2 unspecified atom stereocenters. The number of hydrogen-bond donors (Lipinski definition) is 1. The fraction of sp³-hybridized carbons (Fsp3) is 0.238. The largest absolute Gasteiger partial charge is 0.497 e. The summed E-state index contributed by atoms with van der Waals surface area (Å²) in [5.74, 6) is 1.23. The molecule has 3 aromatic heterocycles. The van der Waals surface area contributed by atoms with Crippen LogP contribution in [0.2, 0.25) is 0 Å². The summed E-state index contributed by atoms with van der Waals surface area (Å²) in [6.07, 6.45) is 3.22. The minimum atomic E-state index is -0.310. The third kappa shape index (κ3) is 3.29. The van der Waals surface area contributed by atoms with Crippen molar-refractivity contribution >= 4 is 16.8 Å². The maximum atomic E-state index is 12.6. The van der Waals surface area contributed by atoms with Gasteiger partial charge in [0.05, 0.1) is 44.5 Å². The molecule has 1 saturated heterocycles. The van der Waals surface area contributed by atoms with Crippen molar-refractivity contribution in [2.24, 2.45) is 0 Å². The van der Waals surface area contributed by atoms with E-state index in [4.69, 9.17) is 13.9 Å². The maximum absolute atomic E-state index is 12.6. The van der Waals surface area contributed by atoms with Crippen molar-refractivity contribution in [3.05, 3.63) is 65.3 Å². The Balaban J connectivity index is 1.48. The van der Waals surface area contributed by atoms with Crippen molar-refractivity contribution in [2.45, 2.75) is 12.1 Å². The molecule has 0 radical (unpaired) electrons. The van der Waals surface area contributed by atoms with Crippen molar-refractivity contribution in [1.29, 1.82) is 0 Å². The van der Waals surface area contributed by atoms with Crippen LogP contribution in [0.3, 0.4) is 0 Å². The average Bonchev–Trinajstić information content (AvgIpc) is 3.44. The summed E-state index contributed by atoms with van der Waals surface area (Å²) in [7, 11) is 1.61. The summed E-state index contributed by atoms with van der Waals surface area (Å²) < 4.78 is 17.9. The molecule has 152 valence electrons. The van der Waals surface area contributed by atoms with Gasteiger partial charge in [-0.25, -0.2) is 4.68 Å². The van der Waals surface area contributed by atoms with Gasteiger partial charge in [0.1, 0.15) is 11.8 Å². The number of hydrogen-bond acceptors (Lipinski definition) is 8. The minimum Gasteiger partial charge on any atom is -0.497 e. The first kappa shape index (κ1) is 18.3. The molecule has 1 aliphatic heterocycles. The number of benzene rings is 1. The second-order valence-electron chi connectivity index (χ2n) is 6.99. The highest BCUT2D eigenvalue weighted by Gasteiger charge is 2.32. The molecule has 1 aromatic carbocycles. The number of aromatic nitrogens is 4. The van der Waals surface area contributed by atoms with Gasteiger partial charge in [-0.15, -0.1) is 5.10 Å². The van der Waals surface area contributed by atoms with Crippen LogP contribution in [0.1, 0.15) is 6.04 Å². The number of fused-ring (bicyclic) bond motifs is 1. The van der Waals surface area contributed by atoms with E-state index >= 15 is 0 Å². The van der Waals surface area contributed by atoms with Crippen LogP contribution < -0.4 is 15.6 Å². The molecule has 5 rings (SSSR count). The van der Waals surface area contributed by atoms with Crippen LogP contribution in [0.4, 0.5) is 5.82 Å². The number of furan rings is 1. The molecule has 4 aromatic rings. The van der Waals surface area contributed by atoms with E-state index < -0.39 is 0 Å². The number of methoxy groups -OCH3 is 1. The standard InChI is InChI=1S/C21H19N5O4/c1-28-15-4-2-3-13(9-15)16-5-6-19(27)26(25-16)18-12-29-11-17(18)23-21-20-14(7-8-30-20)10-22-24-21/h2-10,17-18H,11-12H2,1H3,(H,23,24). The summed E-state index contributed by atoms with van der Waals surface area (Å²) >= 11 is 0. The Kier molecular flexibility index (Phi) is 4.64. The monoisotopic (exact) mass is 405 g/mol. The van der Waals surface area contributed by atoms with Crippen molar-refractivity contribution in [1.82, 2.24) is 20.0 Å². The van der Waals surface area contributed by atoms with Gasteiger partial charge in [-0.05, 0) is 24.3 Å². The van der Waals surface area contributed by atoms with Gasteiger partial charge >= 0.3 is 0 Å². The summed E-state index contributed by atoms with van der Waals surface area (Å²) in [5, 5.41) is 16.9. The molecule has 0 bridgehead atoms. The highest BCUT2D eigenvalue weighted by atomic mass is 16.5. The number of rotatable bonds is 5. The zero-order chi connectivity index (χ0) is 20.5. The van der Waals surface area contributed by atoms with Crippen molar-refractivity contribution in [3.8, 4) is 17.0 Å². The number of nitrogens with one attached hydrogen (secondary N) is 1. The molecular formula is C21H19N5O4. The van der Waals surface area contributed by atoms with Crippen LogP contribution in [0.25, 0.3) is 22.2 Å². The SMILES string of the molecule is COc1cccc(-c2ccc(=O)n(C3COCC3Nc3nncc4ccoc34)n2)c1. The van der Waals surface area contributed by atoms with Crippen LogP contribution in [-0.4, -0.2) is 46.3 Å². The van der Waals surface area contributed by atoms with Crippen LogP contribution in [0, 0.1) is 0 Å². The van der Waals surface area contributed by atoms with E-state index in [-0.39, 0.29) is 17.6 Å². The topological polar surface area (TPSA) is 104 Å². The first-order chi connectivity index (χ1) is 14.7. The molecule has 0 saturated carbocycles. The number of anilines is 1. The van der Waals surface area contributed by atoms with Crippen molar-refractivity contribution in [3.63, 3.8) is 0 Å². The van der Waals surface area contributed by atoms with E-state index in [9.17, 15) is 4.79 Å². The molecule has 0 amide bonds. The lowest BCUT2D eigenvalue weighted by molar-refractivity contribution is 0.183. The predicted octanol–water partition coefficient (Wildman–Crippen LogP) is 2.51. The first-order valence-electron chi connectivity index (χ1n) is 9.50. The smallest absolute Gasteiger partial charge is 0.267 e. The van der Waals surface area contributed by atoms with Gasteiger partial charge in [0.2, 0.25) is 0 Å². The zero-order valence-corrected chi connectivity index (χ0v) is 16.2. The van der Waals surface area contributed by atoms with Gasteiger partial charge in [0.15, 0.2) is 11.4 Å². The van der Waals surface area contributed by atoms with Crippen molar-refractivity contribution in [2.75, 3.05) is 25.6 Å². The molecule has 1 fully saturated rings. The molecular weight excluding hydrogens is 386 g/mol. The third-order valence-corrected chi connectivity index (χ3v) is 5.14. The molecule has 1 N–H and O–H groups in total. The molecule has 2 atom stereocenters. The van der Waals surface area contributed by atoms with E-state index in [0.717, 1.165) is 16.7 Å². The van der Waals surface area contributed by atoms with Crippen molar-refractivity contribution < 1.29 is 13.9 Å². The van der Waals surface area contributed by atoms with Crippen LogP contribution in [0.5, 0.6) is 5.75 Å². The Labute approximate surface area is 171 Å². The molecule has 1 aliphatic rings. The third-order valence-electron chi connectivity index (χ3n) is 5.14. The van der Waals surface area contributed by atoms with Crippen LogP contribution >= 0.6 is 0 Å². The molecule has 0 aliphatic carbocycles. The Hall–Kier alpha value is -3.72. The van der Waals surface area contributed by atoms with Gasteiger partial charge in [0.25, 0.3) is 5.56 Å². The molecule has 0 spiro atoms. The van der Waals surface area contributed by atoms with E-state index in [1.165, 1.54) is 10.7 Å². The second-order valence-corrected chi connectivity index (χ2v) is 6.99. The predicted molar refractivity (Wildman–Crippen MR) is 110 cm³/mol. The summed E-state index contributed by atoms with van der Waals surface area (Å²) in [5.41, 5.74) is 1.94. The minimum absolute atomic E-state index is 0.203. The van der Waals surface area contributed by atoms with E-state index in [0.29, 0.717) is 30.3 Å². The molecule has 4 heterocycles. The summed E-state index contributed by atoms with van der Waals surface area (Å²) in [6, 6.07) is 12.1. The van der Waals surface area contributed by atoms with E-state index in [2.05, 4.69) is 20.6 Å². The quantitative estimate of drug-likeness (QED) is 0.540. The Morgan fingerprint density at radius 3 is 3.03 bits per heavy atom. The molecule has 9 nitrogen and oxygen atoms in total. The second kappa shape index (κ2) is 7.60. The van der Waals surface area contributed by atoms with Gasteiger partial charge in [-0.2, -0.15) is 10.2 Å². The Morgan fingerprint density at radius 2 is 2.13 bits per heavy atom. The highest BCUT2D eigenvalue weighted by molar-refractivity contribution is 5.85. The summed E-state index contributed by atoms with van der Waals surface area (Å²) in [6.45, 7) is 0.759. The Morgan fingerprint density at radius 1 is 1.20 bits per heavy atom. The highest BCUT2D eigenvalue weighted by Crippen LogP contribution is 2.27. The number of nitrogens with zero attached hydrogens (tertiary/aromatic N) is 4. The summed E-state index contributed by atoms with van der Waals surface area (Å²) in [4.78, 5) is 12.6. The molecule has 30 heavy (non-hydrogen) atoms.